The number of carbonyl (C=O) groups is 3. The molecule has 0 aliphatic carbocycles. The molecule has 0 saturated heterocycles. The topological polar surface area (TPSA) is 122 Å². The van der Waals surface area contributed by atoms with E-state index >= 15 is 0 Å². The van der Waals surface area contributed by atoms with E-state index in [9.17, 15) is 19.5 Å². The Morgan fingerprint density at radius 2 is 1.83 bits per heavy atom. The molecule has 0 unspecified atom stereocenters. The van der Waals surface area contributed by atoms with Crippen LogP contribution in [0.3, 0.4) is 0 Å². The Morgan fingerprint density at radius 3 is 2.57 bits per heavy atom. The van der Waals surface area contributed by atoms with Crippen LogP contribution in [0.5, 0.6) is 5.88 Å². The molecular weight excluding hydrogens is 456 g/mol. The van der Waals surface area contributed by atoms with Gasteiger partial charge in [0, 0.05) is 9.86 Å². The first-order valence-electron chi connectivity index (χ1n) is 8.76. The minimum absolute atomic E-state index is 0.0417. The standard InChI is InChI=1S/C20H17BrN4O5/c1-30-17(27)11-25-15-9-5-3-7-13(15)18(20(25)29)24-23-16(26)10-22-19(28)12-6-2-4-8-14(12)21/h2-9,29H,10-11H2,1H3,(H,22,28). The first-order chi connectivity index (χ1) is 14.4. The number of fused-ring (bicyclic) bond motifs is 1. The number of halogens is 1. The van der Waals surface area contributed by atoms with Gasteiger partial charge in [-0.05, 0) is 34.1 Å². The number of esters is 1. The number of nitrogens with one attached hydrogen (secondary N) is 1. The summed E-state index contributed by atoms with van der Waals surface area (Å²) in [6, 6.07) is 13.6. The van der Waals surface area contributed by atoms with Crippen molar-refractivity contribution in [3.63, 3.8) is 0 Å². The van der Waals surface area contributed by atoms with Crippen LogP contribution in [0.2, 0.25) is 0 Å². The van der Waals surface area contributed by atoms with Crippen LogP contribution in [0, 0.1) is 0 Å². The lowest BCUT2D eigenvalue weighted by molar-refractivity contribution is -0.141. The number of nitrogens with zero attached hydrogens (tertiary/aromatic N) is 3. The minimum Gasteiger partial charge on any atom is -0.493 e. The first kappa shape index (κ1) is 21.2. The van der Waals surface area contributed by atoms with Crippen molar-refractivity contribution in [2.75, 3.05) is 13.7 Å². The number of amides is 2. The molecule has 3 aromatic rings. The summed E-state index contributed by atoms with van der Waals surface area (Å²) in [6.45, 7) is -0.598. The average molecular weight is 473 g/mol. The number of aromatic hydroxyl groups is 1. The summed E-state index contributed by atoms with van der Waals surface area (Å²) in [6.07, 6.45) is 0. The highest BCUT2D eigenvalue weighted by Gasteiger charge is 2.19. The third kappa shape index (κ3) is 4.54. The van der Waals surface area contributed by atoms with Crippen molar-refractivity contribution in [1.82, 2.24) is 9.88 Å². The van der Waals surface area contributed by atoms with Gasteiger partial charge in [0.2, 0.25) is 5.88 Å². The molecule has 2 aromatic carbocycles. The number of aromatic nitrogens is 1. The van der Waals surface area contributed by atoms with Gasteiger partial charge in [0.25, 0.3) is 11.8 Å². The second-order valence-electron chi connectivity index (χ2n) is 6.11. The Morgan fingerprint density at radius 1 is 1.13 bits per heavy atom. The van der Waals surface area contributed by atoms with Gasteiger partial charge in [-0.25, -0.2) is 0 Å². The molecule has 154 valence electrons. The predicted molar refractivity (Wildman–Crippen MR) is 112 cm³/mol. The molecule has 1 aromatic heterocycles. The number of hydrogen-bond acceptors (Lipinski definition) is 6. The van der Waals surface area contributed by atoms with Crippen molar-refractivity contribution in [2.24, 2.45) is 10.2 Å². The quantitative estimate of drug-likeness (QED) is 0.420. The van der Waals surface area contributed by atoms with Gasteiger partial charge in [0.15, 0.2) is 5.69 Å². The molecule has 2 amide bonds. The SMILES string of the molecule is COC(=O)Cn1c(O)c(N=NC(=O)CNC(=O)c2ccccc2Br)c2ccccc21. The van der Waals surface area contributed by atoms with E-state index in [-0.39, 0.29) is 24.7 Å². The molecule has 3 rings (SSSR count). The monoisotopic (exact) mass is 472 g/mol. The number of azo groups is 1. The maximum Gasteiger partial charge on any atom is 0.325 e. The normalized spacial score (nSPS) is 11.0. The Balaban J connectivity index is 1.76. The highest BCUT2D eigenvalue weighted by Crippen LogP contribution is 2.38. The smallest absolute Gasteiger partial charge is 0.325 e. The maximum absolute atomic E-state index is 12.2. The van der Waals surface area contributed by atoms with E-state index in [2.05, 4.69) is 36.2 Å². The van der Waals surface area contributed by atoms with Crippen LogP contribution in [0.15, 0.2) is 63.2 Å². The van der Waals surface area contributed by atoms with Crippen molar-refractivity contribution < 1.29 is 24.2 Å². The number of rotatable bonds is 6. The Bertz CT molecular complexity index is 1160. The average Bonchev–Trinajstić information content (AvgIpc) is 3.01. The van der Waals surface area contributed by atoms with E-state index in [1.165, 1.54) is 11.7 Å². The third-order valence-corrected chi connectivity index (χ3v) is 4.90. The number of benzene rings is 2. The van der Waals surface area contributed by atoms with E-state index in [1.54, 1.807) is 48.5 Å². The van der Waals surface area contributed by atoms with Crippen LogP contribution in [-0.4, -0.2) is 41.1 Å². The molecule has 10 heteroatoms. The van der Waals surface area contributed by atoms with E-state index in [4.69, 9.17) is 0 Å². The summed E-state index contributed by atoms with van der Waals surface area (Å²) in [4.78, 5) is 35.9. The summed E-state index contributed by atoms with van der Waals surface area (Å²) >= 11 is 3.27. The number of carbonyl (C=O) groups excluding carboxylic acids is 3. The zero-order chi connectivity index (χ0) is 21.7. The summed E-state index contributed by atoms with van der Waals surface area (Å²) in [5, 5.41) is 20.9. The predicted octanol–water partition coefficient (Wildman–Crippen LogP) is 3.32. The van der Waals surface area contributed by atoms with E-state index in [0.717, 1.165) is 0 Å². The molecule has 0 spiro atoms. The van der Waals surface area contributed by atoms with Crippen LogP contribution in [0.25, 0.3) is 10.9 Å². The lowest BCUT2D eigenvalue weighted by Crippen LogP contribution is -2.28. The van der Waals surface area contributed by atoms with Crippen LogP contribution in [0.1, 0.15) is 10.4 Å². The molecular formula is C20H17BrN4O5. The van der Waals surface area contributed by atoms with Crippen molar-refractivity contribution in [3.05, 3.63) is 58.6 Å². The fraction of sp³-hybridized carbons (Fsp3) is 0.150. The second-order valence-corrected chi connectivity index (χ2v) is 6.96. The molecule has 0 aliphatic heterocycles. The van der Waals surface area contributed by atoms with Gasteiger partial charge < -0.3 is 15.2 Å². The van der Waals surface area contributed by atoms with Gasteiger partial charge in [-0.1, -0.05) is 30.3 Å². The third-order valence-electron chi connectivity index (χ3n) is 4.21. The van der Waals surface area contributed by atoms with Crippen LogP contribution >= 0.6 is 15.9 Å². The van der Waals surface area contributed by atoms with Crippen molar-refractivity contribution >= 4 is 50.3 Å². The van der Waals surface area contributed by atoms with Gasteiger partial charge >= 0.3 is 5.97 Å². The molecule has 0 bridgehead atoms. The zero-order valence-corrected chi connectivity index (χ0v) is 17.4. The maximum atomic E-state index is 12.2. The van der Waals surface area contributed by atoms with Gasteiger partial charge in [0.05, 0.1) is 18.2 Å². The molecule has 0 radical (unpaired) electrons. The largest absolute Gasteiger partial charge is 0.493 e. The molecule has 2 N–H and O–H groups in total. The number of para-hydroxylation sites is 1. The molecule has 0 fully saturated rings. The lowest BCUT2D eigenvalue weighted by atomic mass is 10.2. The van der Waals surface area contributed by atoms with Gasteiger partial charge in [-0.15, -0.1) is 10.2 Å². The van der Waals surface area contributed by atoms with Crippen molar-refractivity contribution in [1.29, 1.82) is 0 Å². The van der Waals surface area contributed by atoms with Crippen LogP contribution < -0.4 is 5.32 Å². The van der Waals surface area contributed by atoms with Gasteiger partial charge in [-0.3, -0.25) is 19.0 Å². The fourth-order valence-corrected chi connectivity index (χ4v) is 3.23. The highest BCUT2D eigenvalue weighted by atomic mass is 79.9. The summed E-state index contributed by atoms with van der Waals surface area (Å²) < 4.78 is 6.55. The lowest BCUT2D eigenvalue weighted by Gasteiger charge is -2.04. The number of ether oxygens (including phenoxy) is 1. The summed E-state index contributed by atoms with van der Waals surface area (Å²) in [5.74, 6) is -2.03. The Kier molecular flexibility index (Phi) is 6.58. The highest BCUT2D eigenvalue weighted by molar-refractivity contribution is 9.10. The molecule has 0 atom stereocenters. The van der Waals surface area contributed by atoms with E-state index in [1.807, 2.05) is 0 Å². The van der Waals surface area contributed by atoms with E-state index in [0.29, 0.717) is 20.9 Å². The van der Waals surface area contributed by atoms with Crippen molar-refractivity contribution in [3.8, 4) is 5.88 Å². The van der Waals surface area contributed by atoms with Crippen LogP contribution in [0.4, 0.5) is 5.69 Å². The zero-order valence-electron chi connectivity index (χ0n) is 15.8. The molecule has 0 aliphatic rings. The van der Waals surface area contributed by atoms with Gasteiger partial charge in [-0.2, -0.15) is 0 Å². The van der Waals surface area contributed by atoms with Crippen molar-refractivity contribution in [2.45, 2.75) is 6.54 Å². The molecule has 30 heavy (non-hydrogen) atoms. The number of hydrogen-bond donors (Lipinski definition) is 2. The van der Waals surface area contributed by atoms with E-state index < -0.39 is 17.8 Å². The summed E-state index contributed by atoms with van der Waals surface area (Å²) in [7, 11) is 1.24. The molecule has 9 nitrogen and oxygen atoms in total. The Hall–Kier alpha value is -3.53. The molecule has 1 heterocycles. The summed E-state index contributed by atoms with van der Waals surface area (Å²) in [5.41, 5.74) is 0.953. The fourth-order valence-electron chi connectivity index (χ4n) is 2.76. The molecule has 0 saturated carbocycles. The first-order valence-corrected chi connectivity index (χ1v) is 9.56. The Labute approximate surface area is 179 Å². The minimum atomic E-state index is -0.709. The van der Waals surface area contributed by atoms with Gasteiger partial charge in [0.1, 0.15) is 13.1 Å². The number of methoxy groups -OCH3 is 1. The second kappa shape index (κ2) is 9.31. The van der Waals surface area contributed by atoms with Crippen LogP contribution in [-0.2, 0) is 20.9 Å².